The van der Waals surface area contributed by atoms with E-state index >= 15 is 0 Å². The van der Waals surface area contributed by atoms with Gasteiger partial charge in [-0.1, -0.05) is 19.1 Å². The molecule has 0 atom stereocenters. The molecule has 3 aromatic rings. The number of nitrogens with one attached hydrogen (secondary N) is 2. The second-order valence-electron chi connectivity index (χ2n) is 5.60. The fourth-order valence-corrected chi connectivity index (χ4v) is 2.66. The zero-order valence-electron chi connectivity index (χ0n) is 14.0. The molecule has 0 aliphatic carbocycles. The summed E-state index contributed by atoms with van der Waals surface area (Å²) in [5, 5.41) is 0. The van der Waals surface area contributed by atoms with E-state index in [0.717, 1.165) is 34.7 Å². The number of anilines is 1. The highest BCUT2D eigenvalue weighted by atomic mass is 16.2. The summed E-state index contributed by atoms with van der Waals surface area (Å²) in [7, 11) is 0. The average molecular weight is 324 g/mol. The number of nitrogens with zero attached hydrogens (tertiary/aromatic N) is 4. The van der Waals surface area contributed by atoms with Crippen LogP contribution in [-0.4, -0.2) is 25.4 Å². The van der Waals surface area contributed by atoms with Gasteiger partial charge in [-0.05, 0) is 32.0 Å². The van der Waals surface area contributed by atoms with Gasteiger partial charge in [0.05, 0.1) is 11.0 Å². The molecule has 2 aromatic heterocycles. The van der Waals surface area contributed by atoms with E-state index in [1.165, 1.54) is 0 Å². The number of carbonyl (C=O) groups excluding carboxylic acids is 1. The van der Waals surface area contributed by atoms with Crippen LogP contribution >= 0.6 is 0 Å². The Morgan fingerprint density at radius 3 is 2.54 bits per heavy atom. The monoisotopic (exact) mass is 324 g/mol. The number of fused-ring (bicyclic) bond motifs is 1. The van der Waals surface area contributed by atoms with Gasteiger partial charge in [0, 0.05) is 17.8 Å². The molecule has 7 heteroatoms. The molecule has 0 saturated carbocycles. The van der Waals surface area contributed by atoms with Crippen molar-refractivity contribution in [3.05, 3.63) is 47.5 Å². The van der Waals surface area contributed by atoms with Crippen molar-refractivity contribution in [2.24, 2.45) is 0 Å². The summed E-state index contributed by atoms with van der Waals surface area (Å²) in [6.45, 7) is 5.97. The number of carbonyl (C=O) groups is 1. The van der Waals surface area contributed by atoms with Gasteiger partial charge in [0.25, 0.3) is 5.91 Å². The molecule has 0 unspecified atom stereocenters. The van der Waals surface area contributed by atoms with E-state index in [-0.39, 0.29) is 12.5 Å². The second kappa shape index (κ2) is 6.66. The highest BCUT2D eigenvalue weighted by Gasteiger charge is 2.12. The first-order valence-corrected chi connectivity index (χ1v) is 7.88. The Hall–Kier alpha value is -2.96. The van der Waals surface area contributed by atoms with Crippen LogP contribution in [-0.2, 0) is 17.8 Å². The SMILES string of the molecule is CCc1nc2ccccc2n1CC(=O)NNc1nc(C)cc(C)n1. The topological polar surface area (TPSA) is 84.7 Å². The van der Waals surface area contributed by atoms with Crippen molar-refractivity contribution in [2.75, 3.05) is 5.43 Å². The Morgan fingerprint density at radius 1 is 1.12 bits per heavy atom. The maximum Gasteiger partial charge on any atom is 0.258 e. The van der Waals surface area contributed by atoms with E-state index in [9.17, 15) is 4.79 Å². The third-order valence-corrected chi connectivity index (χ3v) is 3.65. The molecule has 124 valence electrons. The molecule has 0 aliphatic heterocycles. The number of aromatic nitrogens is 4. The van der Waals surface area contributed by atoms with Crippen LogP contribution in [0.4, 0.5) is 5.95 Å². The van der Waals surface area contributed by atoms with Gasteiger partial charge in [0.15, 0.2) is 0 Å². The molecule has 0 fully saturated rings. The Balaban J connectivity index is 1.73. The van der Waals surface area contributed by atoms with Crippen LogP contribution in [0, 0.1) is 13.8 Å². The van der Waals surface area contributed by atoms with Gasteiger partial charge in [0.2, 0.25) is 5.95 Å². The van der Waals surface area contributed by atoms with E-state index in [0.29, 0.717) is 5.95 Å². The van der Waals surface area contributed by atoms with Crippen LogP contribution in [0.15, 0.2) is 30.3 Å². The number of amides is 1. The van der Waals surface area contributed by atoms with Crippen LogP contribution in [0.25, 0.3) is 11.0 Å². The summed E-state index contributed by atoms with van der Waals surface area (Å²) in [5.41, 5.74) is 8.94. The van der Waals surface area contributed by atoms with Gasteiger partial charge >= 0.3 is 0 Å². The molecule has 0 bridgehead atoms. The van der Waals surface area contributed by atoms with E-state index in [2.05, 4.69) is 25.8 Å². The Morgan fingerprint density at radius 2 is 1.83 bits per heavy atom. The zero-order valence-corrected chi connectivity index (χ0v) is 14.0. The van der Waals surface area contributed by atoms with Gasteiger partial charge in [-0.15, -0.1) is 0 Å². The maximum absolute atomic E-state index is 12.3. The van der Waals surface area contributed by atoms with Crippen LogP contribution in [0.3, 0.4) is 0 Å². The fourth-order valence-electron chi connectivity index (χ4n) is 2.66. The van der Waals surface area contributed by atoms with Crippen molar-refractivity contribution in [1.29, 1.82) is 0 Å². The van der Waals surface area contributed by atoms with Crippen molar-refractivity contribution in [2.45, 2.75) is 33.7 Å². The maximum atomic E-state index is 12.3. The van der Waals surface area contributed by atoms with Crippen molar-refractivity contribution >= 4 is 22.9 Å². The first-order valence-electron chi connectivity index (χ1n) is 7.88. The molecule has 0 spiro atoms. The largest absolute Gasteiger partial charge is 0.318 e. The minimum absolute atomic E-state index is 0.182. The van der Waals surface area contributed by atoms with E-state index < -0.39 is 0 Å². The van der Waals surface area contributed by atoms with Crippen molar-refractivity contribution in [3.63, 3.8) is 0 Å². The van der Waals surface area contributed by atoms with Gasteiger partial charge in [-0.25, -0.2) is 15.0 Å². The lowest BCUT2D eigenvalue weighted by atomic mass is 10.3. The lowest BCUT2D eigenvalue weighted by Crippen LogP contribution is -2.33. The second-order valence-corrected chi connectivity index (χ2v) is 5.60. The number of hydrogen-bond donors (Lipinski definition) is 2. The summed E-state index contributed by atoms with van der Waals surface area (Å²) in [4.78, 5) is 25.3. The van der Waals surface area contributed by atoms with Crippen LogP contribution < -0.4 is 10.9 Å². The number of rotatable bonds is 5. The number of hydrazine groups is 1. The van der Waals surface area contributed by atoms with Gasteiger partial charge < -0.3 is 4.57 Å². The Kier molecular flexibility index (Phi) is 4.41. The molecule has 0 saturated heterocycles. The van der Waals surface area contributed by atoms with Crippen LogP contribution in [0.1, 0.15) is 24.1 Å². The van der Waals surface area contributed by atoms with Crippen molar-refractivity contribution in [3.8, 4) is 0 Å². The normalized spacial score (nSPS) is 10.8. The Bertz CT molecular complexity index is 866. The highest BCUT2D eigenvalue weighted by molar-refractivity contribution is 5.81. The average Bonchev–Trinajstić information content (AvgIpc) is 2.90. The first-order chi connectivity index (χ1) is 11.6. The molecular formula is C17H20N6O. The molecule has 0 radical (unpaired) electrons. The molecule has 2 heterocycles. The van der Waals surface area contributed by atoms with E-state index in [1.807, 2.05) is 55.7 Å². The predicted octanol–water partition coefficient (Wildman–Crippen LogP) is 2.15. The molecule has 0 aliphatic rings. The predicted molar refractivity (Wildman–Crippen MR) is 92.4 cm³/mol. The lowest BCUT2D eigenvalue weighted by Gasteiger charge is -2.10. The van der Waals surface area contributed by atoms with Gasteiger partial charge in [-0.2, -0.15) is 0 Å². The molecule has 24 heavy (non-hydrogen) atoms. The third-order valence-electron chi connectivity index (χ3n) is 3.65. The number of hydrogen-bond acceptors (Lipinski definition) is 5. The summed E-state index contributed by atoms with van der Waals surface area (Å²) in [6.07, 6.45) is 0.759. The van der Waals surface area contributed by atoms with Crippen LogP contribution in [0.5, 0.6) is 0 Å². The standard InChI is InChI=1S/C17H20N6O/c1-4-15-20-13-7-5-6-8-14(13)23(15)10-16(24)21-22-17-18-11(2)9-12(3)19-17/h5-9H,4,10H2,1-3H3,(H,21,24)(H,18,19,22). The van der Waals surface area contributed by atoms with Crippen LogP contribution in [0.2, 0.25) is 0 Å². The minimum atomic E-state index is -0.185. The van der Waals surface area contributed by atoms with Crippen molar-refractivity contribution < 1.29 is 4.79 Å². The first kappa shape index (κ1) is 15.9. The Labute approximate surface area is 140 Å². The van der Waals surface area contributed by atoms with Gasteiger partial charge in [0.1, 0.15) is 12.4 Å². The smallest absolute Gasteiger partial charge is 0.258 e. The number of para-hydroxylation sites is 2. The quantitative estimate of drug-likeness (QED) is 0.703. The van der Waals surface area contributed by atoms with E-state index in [4.69, 9.17) is 0 Å². The molecular weight excluding hydrogens is 304 g/mol. The molecule has 2 N–H and O–H groups in total. The summed E-state index contributed by atoms with van der Waals surface area (Å²) >= 11 is 0. The third kappa shape index (κ3) is 3.34. The minimum Gasteiger partial charge on any atom is -0.318 e. The molecule has 7 nitrogen and oxygen atoms in total. The fraction of sp³-hybridized carbons (Fsp3) is 0.294. The number of aryl methyl sites for hydroxylation is 3. The summed E-state index contributed by atoms with van der Waals surface area (Å²) < 4.78 is 1.93. The summed E-state index contributed by atoms with van der Waals surface area (Å²) in [6, 6.07) is 9.68. The van der Waals surface area contributed by atoms with E-state index in [1.54, 1.807) is 0 Å². The number of imidazole rings is 1. The molecule has 3 rings (SSSR count). The van der Waals surface area contributed by atoms with Crippen molar-refractivity contribution in [1.82, 2.24) is 24.9 Å². The molecule has 1 aromatic carbocycles. The van der Waals surface area contributed by atoms with Gasteiger partial charge in [-0.3, -0.25) is 15.6 Å². The molecule has 1 amide bonds. The number of benzene rings is 1. The lowest BCUT2D eigenvalue weighted by molar-refractivity contribution is -0.121. The summed E-state index contributed by atoms with van der Waals surface area (Å²) in [5.74, 6) is 1.08. The highest BCUT2D eigenvalue weighted by Crippen LogP contribution is 2.16. The zero-order chi connectivity index (χ0) is 17.1.